The number of amides is 1. The van der Waals surface area contributed by atoms with Crippen LogP contribution in [0.4, 0.5) is 0 Å². The zero-order valence-corrected chi connectivity index (χ0v) is 12.3. The number of rotatable bonds is 5. The minimum Gasteiger partial charge on any atom is -0.301 e. The topological polar surface area (TPSA) is 58.4 Å². The highest BCUT2D eigenvalue weighted by Gasteiger charge is 2.30. The van der Waals surface area contributed by atoms with Gasteiger partial charge in [0.25, 0.3) is 0 Å². The molecule has 1 aliphatic rings. The van der Waals surface area contributed by atoms with Crippen LogP contribution in [0.2, 0.25) is 0 Å². The van der Waals surface area contributed by atoms with Crippen LogP contribution in [0, 0.1) is 5.41 Å². The van der Waals surface area contributed by atoms with Crippen LogP contribution in [-0.2, 0) is 4.79 Å². The number of nitrogens with two attached hydrogens (primary N) is 1. The van der Waals surface area contributed by atoms with Crippen molar-refractivity contribution in [2.75, 3.05) is 7.05 Å². The Hall–Kier alpha value is -0.610. The first-order chi connectivity index (χ1) is 8.35. The summed E-state index contributed by atoms with van der Waals surface area (Å²) in [6.45, 7) is 6.92. The van der Waals surface area contributed by atoms with Crippen LogP contribution < -0.4 is 11.3 Å². The van der Waals surface area contributed by atoms with Gasteiger partial charge in [-0.3, -0.25) is 10.2 Å². The fourth-order valence-corrected chi connectivity index (χ4v) is 2.77. The third-order valence-electron chi connectivity index (χ3n) is 4.53. The van der Waals surface area contributed by atoms with Crippen molar-refractivity contribution in [2.45, 2.75) is 71.4 Å². The zero-order valence-electron chi connectivity index (χ0n) is 12.3. The number of carbonyl (C=O) groups excluding carboxylic acids is 1. The Morgan fingerprint density at radius 3 is 2.50 bits per heavy atom. The van der Waals surface area contributed by atoms with Gasteiger partial charge in [-0.2, -0.15) is 0 Å². The molecule has 0 heterocycles. The summed E-state index contributed by atoms with van der Waals surface area (Å²) < 4.78 is 0. The fraction of sp³-hybridized carbons (Fsp3) is 0.929. The van der Waals surface area contributed by atoms with Gasteiger partial charge in [0.05, 0.1) is 0 Å². The number of nitrogens with one attached hydrogen (secondary N) is 1. The molecule has 1 aliphatic carbocycles. The predicted octanol–water partition coefficient (Wildman–Crippen LogP) is 2.05. The van der Waals surface area contributed by atoms with Crippen molar-refractivity contribution in [3.05, 3.63) is 0 Å². The monoisotopic (exact) mass is 255 g/mol. The largest absolute Gasteiger partial charge is 0.301 e. The van der Waals surface area contributed by atoms with Crippen molar-refractivity contribution in [2.24, 2.45) is 11.3 Å². The lowest BCUT2D eigenvalue weighted by atomic mass is 9.75. The van der Waals surface area contributed by atoms with E-state index in [1.54, 1.807) is 0 Å². The maximum Gasteiger partial charge on any atom is 0.233 e. The highest BCUT2D eigenvalue weighted by atomic mass is 16.2. The first-order valence-corrected chi connectivity index (χ1v) is 7.07. The van der Waals surface area contributed by atoms with Gasteiger partial charge in [0.2, 0.25) is 5.91 Å². The molecule has 4 nitrogen and oxygen atoms in total. The molecule has 3 N–H and O–H groups in total. The number of hydrogen-bond acceptors (Lipinski definition) is 3. The van der Waals surface area contributed by atoms with Gasteiger partial charge in [0, 0.05) is 18.5 Å². The van der Waals surface area contributed by atoms with E-state index in [4.69, 9.17) is 5.84 Å². The molecule has 0 aromatic rings. The minimum atomic E-state index is -0.0694. The molecule has 4 heteroatoms. The third-order valence-corrected chi connectivity index (χ3v) is 4.53. The van der Waals surface area contributed by atoms with E-state index in [9.17, 15) is 4.79 Å². The molecule has 0 saturated heterocycles. The normalized spacial score (nSPS) is 21.9. The van der Waals surface area contributed by atoms with Crippen molar-refractivity contribution in [3.63, 3.8) is 0 Å². The van der Waals surface area contributed by atoms with Crippen molar-refractivity contribution in [1.82, 2.24) is 10.3 Å². The van der Waals surface area contributed by atoms with Crippen molar-refractivity contribution >= 4 is 5.91 Å². The summed E-state index contributed by atoms with van der Waals surface area (Å²) in [5, 5.41) is 0. The Labute approximate surface area is 111 Å². The summed E-state index contributed by atoms with van der Waals surface area (Å²) in [6.07, 6.45) is 6.55. The van der Waals surface area contributed by atoms with Crippen molar-refractivity contribution < 1.29 is 4.79 Å². The lowest BCUT2D eigenvalue weighted by Gasteiger charge is -2.41. The highest BCUT2D eigenvalue weighted by Crippen LogP contribution is 2.37. The van der Waals surface area contributed by atoms with Crippen molar-refractivity contribution in [1.29, 1.82) is 0 Å². The van der Waals surface area contributed by atoms with E-state index in [2.05, 4.69) is 38.1 Å². The van der Waals surface area contributed by atoms with E-state index in [0.29, 0.717) is 23.9 Å². The molecule has 0 radical (unpaired) electrons. The summed E-state index contributed by atoms with van der Waals surface area (Å²) in [5.74, 6) is 5.02. The van der Waals surface area contributed by atoms with E-state index in [1.807, 2.05) is 0 Å². The molecule has 0 bridgehead atoms. The highest BCUT2D eigenvalue weighted by molar-refractivity contribution is 5.75. The Balaban J connectivity index is 2.35. The summed E-state index contributed by atoms with van der Waals surface area (Å²) >= 11 is 0. The van der Waals surface area contributed by atoms with E-state index in [1.165, 1.54) is 25.7 Å². The van der Waals surface area contributed by atoms with Crippen LogP contribution in [0.1, 0.15) is 59.3 Å². The average Bonchev–Trinajstić information content (AvgIpc) is 2.34. The maximum absolute atomic E-state index is 11.1. The lowest BCUT2D eigenvalue weighted by Crippen LogP contribution is -2.42. The SMILES string of the molecule is CC(CCC(=O)NN)N(C)C1CCC(C)(C)CC1. The minimum absolute atomic E-state index is 0.0694. The summed E-state index contributed by atoms with van der Waals surface area (Å²) in [7, 11) is 2.19. The lowest BCUT2D eigenvalue weighted by molar-refractivity contribution is -0.121. The molecule has 18 heavy (non-hydrogen) atoms. The number of carbonyl (C=O) groups is 1. The zero-order chi connectivity index (χ0) is 13.8. The van der Waals surface area contributed by atoms with Gasteiger partial charge in [-0.1, -0.05) is 13.8 Å². The van der Waals surface area contributed by atoms with Crippen LogP contribution in [0.15, 0.2) is 0 Å². The Kier molecular flexibility index (Phi) is 5.60. The van der Waals surface area contributed by atoms with Gasteiger partial charge in [-0.15, -0.1) is 0 Å². The summed E-state index contributed by atoms with van der Waals surface area (Å²) in [5.41, 5.74) is 2.71. The molecular weight excluding hydrogens is 226 g/mol. The smallest absolute Gasteiger partial charge is 0.233 e. The second kappa shape index (κ2) is 6.53. The molecule has 0 aromatic carbocycles. The van der Waals surface area contributed by atoms with Crippen LogP contribution >= 0.6 is 0 Å². The average molecular weight is 255 g/mol. The fourth-order valence-electron chi connectivity index (χ4n) is 2.77. The molecule has 0 spiro atoms. The number of hydrogen-bond donors (Lipinski definition) is 2. The van der Waals surface area contributed by atoms with Gasteiger partial charge in [0.1, 0.15) is 0 Å². The van der Waals surface area contributed by atoms with Gasteiger partial charge >= 0.3 is 0 Å². The van der Waals surface area contributed by atoms with E-state index in [0.717, 1.165) is 6.42 Å². The molecule has 0 aliphatic heterocycles. The predicted molar refractivity (Wildman–Crippen MR) is 74.8 cm³/mol. The molecular formula is C14H29N3O. The quantitative estimate of drug-likeness (QED) is 0.449. The second-order valence-corrected chi connectivity index (χ2v) is 6.52. The van der Waals surface area contributed by atoms with Crippen LogP contribution in [0.3, 0.4) is 0 Å². The molecule has 0 aromatic heterocycles. The van der Waals surface area contributed by atoms with E-state index < -0.39 is 0 Å². The first-order valence-electron chi connectivity index (χ1n) is 7.07. The Bertz CT molecular complexity index is 268. The summed E-state index contributed by atoms with van der Waals surface area (Å²) in [4.78, 5) is 13.6. The molecule has 1 atom stereocenters. The number of hydrazine groups is 1. The maximum atomic E-state index is 11.1. The van der Waals surface area contributed by atoms with E-state index in [-0.39, 0.29) is 5.91 Å². The molecule has 1 unspecified atom stereocenters. The van der Waals surface area contributed by atoms with Gasteiger partial charge < -0.3 is 4.90 Å². The van der Waals surface area contributed by atoms with E-state index >= 15 is 0 Å². The van der Waals surface area contributed by atoms with Gasteiger partial charge in [-0.25, -0.2) is 5.84 Å². The summed E-state index contributed by atoms with van der Waals surface area (Å²) in [6, 6.07) is 1.11. The second-order valence-electron chi connectivity index (χ2n) is 6.52. The molecule has 1 saturated carbocycles. The molecule has 1 rings (SSSR count). The number of nitrogens with zero attached hydrogens (tertiary/aromatic N) is 1. The Morgan fingerprint density at radius 1 is 1.44 bits per heavy atom. The van der Waals surface area contributed by atoms with Crippen LogP contribution in [0.25, 0.3) is 0 Å². The van der Waals surface area contributed by atoms with Crippen LogP contribution in [-0.4, -0.2) is 29.9 Å². The first kappa shape index (κ1) is 15.4. The molecule has 106 valence electrons. The molecule has 1 amide bonds. The van der Waals surface area contributed by atoms with Gasteiger partial charge in [0.15, 0.2) is 0 Å². The van der Waals surface area contributed by atoms with Gasteiger partial charge in [-0.05, 0) is 51.5 Å². The standard InChI is InChI=1S/C14H29N3O/c1-11(5-6-13(18)16-15)17(4)12-7-9-14(2,3)10-8-12/h11-12H,5-10,15H2,1-4H3,(H,16,18). The Morgan fingerprint density at radius 2 is 2.00 bits per heavy atom. The molecule has 1 fully saturated rings. The van der Waals surface area contributed by atoms with Crippen molar-refractivity contribution in [3.8, 4) is 0 Å². The van der Waals surface area contributed by atoms with Crippen LogP contribution in [0.5, 0.6) is 0 Å². The third kappa shape index (κ3) is 4.58.